The molecule has 0 spiro atoms. The zero-order valence-corrected chi connectivity index (χ0v) is 32.8. The van der Waals surface area contributed by atoms with Gasteiger partial charge in [0.1, 0.15) is 5.82 Å². The molecule has 5 aromatic carbocycles. The fraction of sp³-hybridized carbons (Fsp3) is 0.143. The number of rotatable bonds is 4. The van der Waals surface area contributed by atoms with Crippen LogP contribution in [0.25, 0.3) is 64.2 Å². The first-order valence-electron chi connectivity index (χ1n) is 16.3. The van der Waals surface area contributed by atoms with Crippen LogP contribution < -0.4 is 4.40 Å². The molecule has 0 aliphatic carbocycles. The Morgan fingerprint density at radius 3 is 2.23 bits per heavy atom. The Bertz CT molecular complexity index is 2430. The van der Waals surface area contributed by atoms with Crippen molar-refractivity contribution in [3.05, 3.63) is 139 Å². The van der Waals surface area contributed by atoms with Crippen LogP contribution in [0.2, 0.25) is 17.3 Å². The molecule has 0 bridgehead atoms. The number of nitrogens with zero attached hydrogens (tertiary/aromatic N) is 2. The summed E-state index contributed by atoms with van der Waals surface area (Å²) in [4.78, 5) is 8.89. The number of hydrogen-bond acceptors (Lipinski definition) is 3. The van der Waals surface area contributed by atoms with Gasteiger partial charge < -0.3 is 4.98 Å². The predicted octanol–water partition coefficient (Wildman–Crippen LogP) is 11.6. The minimum absolute atomic E-state index is 0. The molecule has 0 aliphatic rings. The van der Waals surface area contributed by atoms with Gasteiger partial charge in [0.15, 0.2) is 0 Å². The van der Waals surface area contributed by atoms with E-state index >= 15 is 0 Å². The number of hydrogen-bond donors (Lipinski definition) is 0. The van der Waals surface area contributed by atoms with Crippen molar-refractivity contribution in [1.29, 1.82) is 0 Å². The Balaban J connectivity index is 0.000000208. The normalized spacial score (nSPS) is 12.1. The molecule has 3 aromatic heterocycles. The molecule has 2 nitrogen and oxygen atoms in total. The van der Waals surface area contributed by atoms with Crippen molar-refractivity contribution in [2.75, 3.05) is 0 Å². The molecular weight excluding hydrogens is 848 g/mol. The average molecular weight is 885 g/mol. The second-order valence-corrected chi connectivity index (χ2v) is 24.8. The van der Waals surface area contributed by atoms with Crippen LogP contribution in [-0.4, -0.2) is 23.2 Å². The third kappa shape index (κ3) is 6.75. The molecule has 0 fully saturated rings. The van der Waals surface area contributed by atoms with Gasteiger partial charge in [0.25, 0.3) is 0 Å². The molecule has 0 saturated heterocycles. The van der Waals surface area contributed by atoms with E-state index in [0.717, 1.165) is 26.9 Å². The second kappa shape index (κ2) is 14.0. The molecule has 0 aliphatic heterocycles. The predicted molar refractivity (Wildman–Crippen MR) is 202 cm³/mol. The monoisotopic (exact) mass is 886 g/mol. The first-order chi connectivity index (χ1) is 23.0. The Kier molecular flexibility index (Phi) is 9.57. The molecule has 8 aromatic rings. The summed E-state index contributed by atoms with van der Waals surface area (Å²) in [5.74, 6) is 5.65. The van der Waals surface area contributed by atoms with Crippen LogP contribution in [-0.2, 0) is 20.1 Å². The summed E-state index contributed by atoms with van der Waals surface area (Å²) in [5, 5.41) is 7.28. The fourth-order valence-electron chi connectivity index (χ4n) is 5.94. The molecule has 0 amide bonds. The fourth-order valence-corrected chi connectivity index (χ4v) is 9.34. The van der Waals surface area contributed by atoms with Gasteiger partial charge in [-0.2, -0.15) is 11.3 Å². The van der Waals surface area contributed by atoms with Gasteiger partial charge in [-0.1, -0.05) is 61.7 Å². The minimum Gasteiger partial charge on any atom is 0 e. The van der Waals surface area contributed by atoms with Crippen LogP contribution in [0.15, 0.2) is 116 Å². The molecule has 6 heteroatoms. The number of halogens is 1. The van der Waals surface area contributed by atoms with E-state index in [1.807, 2.05) is 36.5 Å². The summed E-state index contributed by atoms with van der Waals surface area (Å²) in [5.41, 5.74) is 3.91. The quantitative estimate of drug-likeness (QED) is 0.1000. The maximum absolute atomic E-state index is 14.4. The summed E-state index contributed by atoms with van der Waals surface area (Å²) in [6.45, 7) is 3.38. The minimum atomic E-state index is -1.72. The van der Waals surface area contributed by atoms with Gasteiger partial charge in [-0.3, -0.25) is 0 Å². The SMILES string of the molecule is [2H]C(C)(C)c1cc(-c2[c-]ccc3c2sc2cc4c(ccc5ccccc54)cc23)ncc1F.[CH3][Ge]([CH3])([CH3])[c]1ccc(-c2[c-]cccc2)nc1.[Ir]. The average Bonchev–Trinajstić information content (AvgIpc) is 3.45. The standard InChI is InChI=1S/C28H19FNS.C14H16GeN.Ir/c1-16(2)22-13-26(30-15-25(22)29)21-9-5-8-20-24-12-18-11-10-17-6-3-4-7-19(17)23(18)14-27(24)31-28(20)21;1-15(2,3)13-9-10-14(16-11-13)12-7-5-4-6-8-12;/h3-8,10-16H,1-2H3;4-7,9-11H,1-3H3;/q2*-1;/i16D;;. The molecule has 0 unspecified atom stereocenters. The Morgan fingerprint density at radius 1 is 0.729 bits per heavy atom. The summed E-state index contributed by atoms with van der Waals surface area (Å²) < 4.78 is 26.4. The summed E-state index contributed by atoms with van der Waals surface area (Å²) >= 11 is -0.00370. The zero-order valence-electron chi connectivity index (χ0n) is 28.5. The number of benzene rings is 5. The number of pyridine rings is 2. The summed E-state index contributed by atoms with van der Waals surface area (Å²) in [6, 6.07) is 41.8. The van der Waals surface area contributed by atoms with E-state index in [-0.39, 0.29) is 20.1 Å². The molecule has 3 heterocycles. The van der Waals surface area contributed by atoms with Crippen molar-refractivity contribution in [3.8, 4) is 22.5 Å². The molecule has 1 radical (unpaired) electrons. The van der Waals surface area contributed by atoms with E-state index in [1.54, 1.807) is 31.3 Å². The summed E-state index contributed by atoms with van der Waals surface area (Å²) in [7, 11) is 0. The van der Waals surface area contributed by atoms with Crippen molar-refractivity contribution in [3.63, 3.8) is 0 Å². The Labute approximate surface area is 303 Å². The van der Waals surface area contributed by atoms with E-state index in [9.17, 15) is 4.39 Å². The Morgan fingerprint density at radius 2 is 1.50 bits per heavy atom. The van der Waals surface area contributed by atoms with Gasteiger partial charge in [0.2, 0.25) is 0 Å². The van der Waals surface area contributed by atoms with Gasteiger partial charge in [0.05, 0.1) is 6.20 Å². The van der Waals surface area contributed by atoms with Gasteiger partial charge in [-0.05, 0) is 60.9 Å². The zero-order chi connectivity index (χ0) is 33.6. The first kappa shape index (κ1) is 32.8. The number of fused-ring (bicyclic) bond motifs is 6. The number of thiophene rings is 1. The van der Waals surface area contributed by atoms with Crippen LogP contribution in [0.5, 0.6) is 0 Å². The molecule has 48 heavy (non-hydrogen) atoms. The van der Waals surface area contributed by atoms with Crippen LogP contribution in [0.4, 0.5) is 4.39 Å². The molecule has 0 N–H and O–H groups in total. The molecule has 241 valence electrons. The number of aromatic nitrogens is 2. The van der Waals surface area contributed by atoms with E-state index in [2.05, 4.69) is 106 Å². The first-order valence-corrected chi connectivity index (χ1v) is 23.9. The maximum atomic E-state index is 14.4. The van der Waals surface area contributed by atoms with Crippen molar-refractivity contribution >= 4 is 70.7 Å². The van der Waals surface area contributed by atoms with Crippen LogP contribution in [0.3, 0.4) is 0 Å². The van der Waals surface area contributed by atoms with Crippen LogP contribution in [0.1, 0.15) is 26.7 Å². The van der Waals surface area contributed by atoms with E-state index in [1.165, 1.54) is 42.2 Å². The van der Waals surface area contributed by atoms with Gasteiger partial charge >= 0.3 is 99.8 Å². The van der Waals surface area contributed by atoms with Crippen LogP contribution in [0, 0.1) is 17.9 Å². The van der Waals surface area contributed by atoms with E-state index in [0.29, 0.717) is 11.3 Å². The van der Waals surface area contributed by atoms with Gasteiger partial charge in [0, 0.05) is 26.2 Å². The smallest absolute Gasteiger partial charge is 0 e. The largest absolute Gasteiger partial charge is 0 e. The van der Waals surface area contributed by atoms with Crippen molar-refractivity contribution < 1.29 is 25.9 Å². The molecule has 0 saturated carbocycles. The third-order valence-electron chi connectivity index (χ3n) is 8.56. The third-order valence-corrected chi connectivity index (χ3v) is 14.0. The van der Waals surface area contributed by atoms with E-state index in [4.69, 9.17) is 1.37 Å². The van der Waals surface area contributed by atoms with Crippen molar-refractivity contribution in [1.82, 2.24) is 9.97 Å². The second-order valence-electron chi connectivity index (χ2n) is 13.1. The molecular formula is C42H35FGeIrN2S-2. The van der Waals surface area contributed by atoms with E-state index < -0.39 is 25.0 Å². The van der Waals surface area contributed by atoms with Gasteiger partial charge in [-0.25, -0.2) is 4.39 Å². The summed E-state index contributed by atoms with van der Waals surface area (Å²) in [6.07, 6.45) is 3.26. The van der Waals surface area contributed by atoms with Crippen molar-refractivity contribution in [2.24, 2.45) is 0 Å². The van der Waals surface area contributed by atoms with Gasteiger partial charge in [-0.15, -0.1) is 23.8 Å². The Hall–Kier alpha value is -3.74. The molecule has 0 atom stereocenters. The van der Waals surface area contributed by atoms with Crippen molar-refractivity contribution in [2.45, 2.75) is 37.0 Å². The molecule has 8 rings (SSSR count). The van der Waals surface area contributed by atoms with Crippen LogP contribution >= 0.6 is 11.3 Å². The topological polar surface area (TPSA) is 25.8 Å². The maximum Gasteiger partial charge on any atom is 0 e.